The van der Waals surface area contributed by atoms with Crippen molar-refractivity contribution in [1.82, 2.24) is 0 Å². The van der Waals surface area contributed by atoms with E-state index in [0.29, 0.717) is 0 Å². The summed E-state index contributed by atoms with van der Waals surface area (Å²) < 4.78 is 74.1. The van der Waals surface area contributed by atoms with Crippen LogP contribution in [0.3, 0.4) is 0 Å². The molecule has 3 aliphatic rings. The van der Waals surface area contributed by atoms with Gasteiger partial charge in [-0.05, 0) is 61.6 Å². The van der Waals surface area contributed by atoms with Crippen molar-refractivity contribution in [3.8, 4) is 0 Å². The molecule has 0 aliphatic heterocycles. The Kier molecular flexibility index (Phi) is 9.52. The first-order chi connectivity index (χ1) is 16.0. The number of allylic oxidation sites excluding steroid dienone is 2. The van der Waals surface area contributed by atoms with Gasteiger partial charge in [0.25, 0.3) is 0 Å². The Morgan fingerprint density at radius 1 is 0.714 bits per heavy atom. The summed E-state index contributed by atoms with van der Waals surface area (Å²) in [7, 11) is -26.5. The second kappa shape index (κ2) is 10.9. The maximum atomic E-state index is 11.4. The highest BCUT2D eigenvalue weighted by Crippen LogP contribution is 2.63. The molecular formula is C13H28O13Si9. The molecular weight excluding hydrogens is 617 g/mol. The number of hydrogen-bond acceptors (Lipinski definition) is 7. The van der Waals surface area contributed by atoms with E-state index in [4.69, 9.17) is 33.2 Å². The van der Waals surface area contributed by atoms with Crippen LogP contribution in [0.4, 0.5) is 0 Å². The maximum Gasteiger partial charge on any atom is 0.483 e. The normalized spacial score (nSPS) is 26.9. The summed E-state index contributed by atoms with van der Waals surface area (Å²) in [6.45, 7) is 4.82. The first-order valence-electron chi connectivity index (χ1n) is 10.7. The topological polar surface area (TPSA) is 233 Å². The van der Waals surface area contributed by atoms with E-state index in [-0.39, 0.29) is 0 Å². The van der Waals surface area contributed by atoms with Crippen LogP contribution in [0.2, 0.25) is 18.6 Å². The van der Waals surface area contributed by atoms with Gasteiger partial charge in [-0.3, -0.25) is 0 Å². The monoisotopic (exact) mass is 644 g/mol. The minimum atomic E-state index is -5.60. The second-order valence-electron chi connectivity index (χ2n) is 9.55. The van der Waals surface area contributed by atoms with Crippen molar-refractivity contribution >= 4 is 71.3 Å². The van der Waals surface area contributed by atoms with Gasteiger partial charge in [-0.25, -0.2) is 0 Å². The summed E-state index contributed by atoms with van der Waals surface area (Å²) in [6, 6.07) is 0. The van der Waals surface area contributed by atoms with Gasteiger partial charge in [0, 0.05) is 7.11 Å². The molecule has 0 aromatic rings. The summed E-state index contributed by atoms with van der Waals surface area (Å²) in [4.78, 5) is 54.9. The molecule has 0 aromatic heterocycles. The van der Waals surface area contributed by atoms with Crippen molar-refractivity contribution < 1.29 is 60.0 Å². The fraction of sp³-hybridized carbons (Fsp3) is 0.846. The summed E-state index contributed by atoms with van der Waals surface area (Å²) in [5.74, 6) is 3.95. The van der Waals surface area contributed by atoms with Gasteiger partial charge in [0.15, 0.2) is 8.32 Å². The van der Waals surface area contributed by atoms with E-state index >= 15 is 0 Å². The van der Waals surface area contributed by atoms with Crippen LogP contribution in [-0.2, 0) is 31.2 Å². The lowest BCUT2D eigenvalue weighted by molar-refractivity contribution is 0.259. The molecule has 0 amide bonds. The molecule has 22 heteroatoms. The number of rotatable bonds is 9. The molecule has 2 bridgehead atoms. The van der Waals surface area contributed by atoms with Crippen molar-refractivity contribution in [2.45, 2.75) is 37.9 Å². The van der Waals surface area contributed by atoms with Crippen LogP contribution >= 0.6 is 0 Å². The molecule has 6 N–H and O–H groups in total. The molecule has 0 heterocycles. The predicted octanol–water partition coefficient (Wildman–Crippen LogP) is -3.66. The zero-order chi connectivity index (χ0) is 27.1. The van der Waals surface area contributed by atoms with E-state index < -0.39 is 71.3 Å². The molecule has 13 nitrogen and oxygen atoms in total. The van der Waals surface area contributed by atoms with Crippen LogP contribution < -0.4 is 0 Å². The van der Waals surface area contributed by atoms with Gasteiger partial charge in [-0.15, -0.1) is 0 Å². The van der Waals surface area contributed by atoms with Gasteiger partial charge in [0.1, 0.15) is 0 Å². The fourth-order valence-corrected chi connectivity index (χ4v) is 99.9. The molecule has 0 radical (unpaired) electrons. The lowest BCUT2D eigenvalue weighted by Crippen LogP contribution is -2.91. The Hall–Kier alpha value is -0.748. The van der Waals surface area contributed by atoms with E-state index in [1.807, 2.05) is 7.11 Å². The van der Waals surface area contributed by atoms with Crippen LogP contribution in [0.15, 0.2) is 12.2 Å². The number of hydrogen-bond donors (Lipinski definition) is 6. The quantitative estimate of drug-likeness (QED) is 0.105. The van der Waals surface area contributed by atoms with E-state index in [1.165, 1.54) is 19.3 Å². The van der Waals surface area contributed by atoms with Crippen LogP contribution in [0.25, 0.3) is 0 Å². The third-order valence-corrected chi connectivity index (χ3v) is 106. The Morgan fingerprint density at radius 2 is 1.11 bits per heavy atom. The number of fused-ring (bicyclic) bond motifs is 5. The molecule has 0 saturated heterocycles. The summed E-state index contributed by atoms with van der Waals surface area (Å²) in [5, 5.41) is 0. The molecule has 5 atom stereocenters. The van der Waals surface area contributed by atoms with Crippen LogP contribution in [-0.4, -0.2) is 107 Å². The first-order valence-corrected chi connectivity index (χ1v) is 32.8. The average molecular weight is 645 g/mol. The van der Waals surface area contributed by atoms with Gasteiger partial charge in [-0.1, -0.05) is 12.2 Å². The maximum absolute atomic E-state index is 11.4. The highest BCUT2D eigenvalue weighted by atomic mass is 30.4. The van der Waals surface area contributed by atoms with E-state index in [0.717, 1.165) is 29.2 Å². The predicted molar refractivity (Wildman–Crippen MR) is 129 cm³/mol. The Bertz CT molecular complexity index is 879. The zero-order valence-electron chi connectivity index (χ0n) is 19.2. The molecule has 2 fully saturated rings. The van der Waals surface area contributed by atoms with Gasteiger partial charge in [0.2, 0.25) is 0 Å². The molecule has 0 spiro atoms. The summed E-state index contributed by atoms with van der Waals surface area (Å²) >= 11 is 0. The Labute approximate surface area is 211 Å². The Morgan fingerprint density at radius 3 is 1.46 bits per heavy atom. The van der Waals surface area contributed by atoms with Crippen molar-refractivity contribution in [2.75, 3.05) is 7.11 Å². The van der Waals surface area contributed by atoms with Gasteiger partial charge in [0.05, 0.1) is 0 Å². The lowest BCUT2D eigenvalue weighted by Gasteiger charge is -2.38. The summed E-state index contributed by atoms with van der Waals surface area (Å²) in [6.07, 6.45) is -1.95. The van der Waals surface area contributed by atoms with Crippen LogP contribution in [0.1, 0.15) is 19.3 Å². The molecule has 2 saturated carbocycles. The lowest BCUT2D eigenvalue weighted by atomic mass is 9.81. The van der Waals surface area contributed by atoms with Crippen LogP contribution in [0.5, 0.6) is 0 Å². The van der Waals surface area contributed by atoms with Crippen molar-refractivity contribution in [2.24, 2.45) is 23.7 Å². The van der Waals surface area contributed by atoms with Gasteiger partial charge < -0.3 is 60.0 Å². The molecule has 3 rings (SSSR count). The highest BCUT2D eigenvalue weighted by molar-refractivity contribution is 8.14. The van der Waals surface area contributed by atoms with Crippen molar-refractivity contribution in [3.05, 3.63) is 12.2 Å². The van der Waals surface area contributed by atoms with Crippen molar-refractivity contribution in [1.29, 1.82) is 0 Å². The minimum Gasteiger partial charge on any atom is -0.542 e. The molecule has 194 valence electrons. The standard InChI is InChI=1S/C13H22OSi.H6O12Si8/c1-14-15(2,3)13-8-9-7-12(13)11-6-4-5-10(9)11;1-13(2)19(14(3)4,15(5)6)20(16(7)8,17(9)10)18(11)12/h4-5,9-13H,6-8H2,1-3H3;1,3,5,7,9,11H. The average Bonchev–Trinajstić information content (AvgIpc) is 3.43. The van der Waals surface area contributed by atoms with E-state index in [1.54, 1.807) is 0 Å². The van der Waals surface area contributed by atoms with Gasteiger partial charge >= 0.3 is 63.0 Å². The zero-order valence-corrected chi connectivity index (χ0v) is 28.2. The highest BCUT2D eigenvalue weighted by Gasteiger charge is 2.91. The second-order valence-corrected chi connectivity index (χ2v) is 64.3. The molecule has 5 unspecified atom stereocenters. The smallest absolute Gasteiger partial charge is 0.483 e. The molecule has 3 aliphatic carbocycles. The molecule has 0 aromatic carbocycles. The van der Waals surface area contributed by atoms with E-state index in [9.17, 15) is 26.8 Å². The SMILES string of the molecule is CO[Si](C)(C)C1CC2CC1C1CC=CC21.O=[Si](O)[Si]([Si](=O)O)([Si](=O)O)[Si]([Si](=O)O)([Si](=O)O)[Si](=O)O. The Balaban J connectivity index is 0.000000254. The third-order valence-electron chi connectivity index (χ3n) is 7.91. The van der Waals surface area contributed by atoms with Crippen LogP contribution in [0, 0.1) is 23.7 Å². The largest absolute Gasteiger partial charge is 0.542 e. The van der Waals surface area contributed by atoms with E-state index in [2.05, 4.69) is 25.2 Å². The third kappa shape index (κ3) is 4.69. The van der Waals surface area contributed by atoms with Gasteiger partial charge in [-0.2, -0.15) is 0 Å². The fourth-order valence-electron chi connectivity index (χ4n) is 6.02. The minimum absolute atomic E-state index is 0.939. The summed E-state index contributed by atoms with van der Waals surface area (Å²) in [5.41, 5.74) is 0.939. The molecule has 35 heavy (non-hydrogen) atoms. The first kappa shape index (κ1) is 30.5. The van der Waals surface area contributed by atoms with Crippen molar-refractivity contribution in [3.63, 3.8) is 0 Å².